The van der Waals surface area contributed by atoms with Gasteiger partial charge in [-0.05, 0) is 36.5 Å². The summed E-state index contributed by atoms with van der Waals surface area (Å²) in [6.07, 6.45) is 1.68. The minimum atomic E-state index is -0.195. The molecule has 2 rings (SSSR count). The van der Waals surface area contributed by atoms with Gasteiger partial charge in [0.15, 0.2) is 0 Å². The smallest absolute Gasteiger partial charge is 0.269 e. The minimum absolute atomic E-state index is 0.195. The average molecular weight is 276 g/mol. The molecule has 1 amide bonds. The van der Waals surface area contributed by atoms with Gasteiger partial charge < -0.3 is 11.1 Å². The summed E-state index contributed by atoms with van der Waals surface area (Å²) in [5.41, 5.74) is 8.77. The number of nitrogens with zero attached hydrogens (tertiary/aromatic N) is 2. The van der Waals surface area contributed by atoms with Crippen LogP contribution in [0.3, 0.4) is 0 Å². The fraction of sp³-hybridized carbons (Fsp3) is 0.308. The van der Waals surface area contributed by atoms with Gasteiger partial charge in [-0.25, -0.2) is 0 Å². The molecule has 1 heterocycles. The number of hydrogen-bond acceptors (Lipinski definition) is 5. The zero-order valence-corrected chi connectivity index (χ0v) is 11.8. The van der Waals surface area contributed by atoms with Crippen LogP contribution in [0.15, 0.2) is 18.2 Å². The van der Waals surface area contributed by atoms with Crippen molar-refractivity contribution in [3.63, 3.8) is 0 Å². The Morgan fingerprint density at radius 1 is 1.47 bits per heavy atom. The summed E-state index contributed by atoms with van der Waals surface area (Å²) in [5.74, 6) is -0.195. The van der Waals surface area contributed by atoms with E-state index in [1.54, 1.807) is 6.07 Å². The van der Waals surface area contributed by atoms with E-state index in [-0.39, 0.29) is 5.91 Å². The molecule has 100 valence electrons. The van der Waals surface area contributed by atoms with Crippen molar-refractivity contribution in [3.8, 4) is 0 Å². The number of aryl methyl sites for hydroxylation is 2. The van der Waals surface area contributed by atoms with E-state index < -0.39 is 0 Å². The molecule has 0 radical (unpaired) electrons. The molecule has 0 aliphatic heterocycles. The molecule has 0 saturated carbocycles. The highest BCUT2D eigenvalue weighted by Crippen LogP contribution is 2.24. The summed E-state index contributed by atoms with van der Waals surface area (Å²) < 4.78 is 3.85. The van der Waals surface area contributed by atoms with Crippen LogP contribution in [0.25, 0.3) is 0 Å². The van der Waals surface area contributed by atoms with E-state index in [2.05, 4.69) is 14.9 Å². The quantitative estimate of drug-likeness (QED) is 0.841. The van der Waals surface area contributed by atoms with E-state index in [9.17, 15) is 4.79 Å². The Hall–Kier alpha value is -1.95. The van der Waals surface area contributed by atoms with Crippen LogP contribution >= 0.6 is 11.5 Å². The van der Waals surface area contributed by atoms with Crippen molar-refractivity contribution >= 4 is 28.8 Å². The van der Waals surface area contributed by atoms with Crippen molar-refractivity contribution in [2.45, 2.75) is 26.7 Å². The molecule has 0 spiro atoms. The van der Waals surface area contributed by atoms with Crippen molar-refractivity contribution in [1.29, 1.82) is 0 Å². The third kappa shape index (κ3) is 2.90. The van der Waals surface area contributed by atoms with Gasteiger partial charge in [-0.1, -0.05) is 30.0 Å². The first-order chi connectivity index (χ1) is 9.13. The average Bonchev–Trinajstić information content (AvgIpc) is 2.83. The molecule has 0 aliphatic rings. The fourth-order valence-electron chi connectivity index (χ4n) is 1.81. The predicted molar refractivity (Wildman–Crippen MR) is 77.4 cm³/mol. The van der Waals surface area contributed by atoms with Crippen LogP contribution < -0.4 is 11.1 Å². The summed E-state index contributed by atoms with van der Waals surface area (Å²) in [4.78, 5) is 12.8. The lowest BCUT2D eigenvalue weighted by molar-refractivity contribution is 0.102. The number of aromatic nitrogens is 2. The predicted octanol–water partition coefficient (Wildman–Crippen LogP) is 2.63. The van der Waals surface area contributed by atoms with E-state index >= 15 is 0 Å². The SMILES string of the molecule is CCCc1nnsc1C(=O)Nc1c(C)cccc1N. The zero-order chi connectivity index (χ0) is 13.8. The van der Waals surface area contributed by atoms with Crippen molar-refractivity contribution < 1.29 is 4.79 Å². The maximum Gasteiger partial charge on any atom is 0.269 e. The normalized spacial score (nSPS) is 10.4. The second-order valence-electron chi connectivity index (χ2n) is 4.29. The topological polar surface area (TPSA) is 80.9 Å². The van der Waals surface area contributed by atoms with Gasteiger partial charge >= 0.3 is 0 Å². The Morgan fingerprint density at radius 2 is 2.26 bits per heavy atom. The van der Waals surface area contributed by atoms with Gasteiger partial charge in [0.25, 0.3) is 5.91 Å². The molecule has 0 saturated heterocycles. The zero-order valence-electron chi connectivity index (χ0n) is 10.9. The number of carbonyl (C=O) groups excluding carboxylic acids is 1. The van der Waals surface area contributed by atoms with Crippen molar-refractivity contribution in [1.82, 2.24) is 9.59 Å². The second-order valence-corrected chi connectivity index (χ2v) is 5.05. The number of benzene rings is 1. The highest BCUT2D eigenvalue weighted by molar-refractivity contribution is 7.08. The monoisotopic (exact) mass is 276 g/mol. The molecule has 1 aromatic heterocycles. The van der Waals surface area contributed by atoms with Crippen LogP contribution in [0.2, 0.25) is 0 Å². The Morgan fingerprint density at radius 3 is 2.95 bits per heavy atom. The molecule has 19 heavy (non-hydrogen) atoms. The molecule has 5 nitrogen and oxygen atoms in total. The van der Waals surface area contributed by atoms with Crippen LogP contribution in [0.1, 0.15) is 34.3 Å². The maximum absolute atomic E-state index is 12.2. The van der Waals surface area contributed by atoms with Gasteiger partial charge in [0.05, 0.1) is 17.1 Å². The number of anilines is 2. The molecular formula is C13H16N4OS. The van der Waals surface area contributed by atoms with Crippen molar-refractivity contribution in [3.05, 3.63) is 34.3 Å². The second kappa shape index (κ2) is 5.79. The molecule has 0 atom stereocenters. The first-order valence-electron chi connectivity index (χ1n) is 6.11. The highest BCUT2D eigenvalue weighted by Gasteiger charge is 2.17. The van der Waals surface area contributed by atoms with Gasteiger partial charge in [-0.15, -0.1) is 5.10 Å². The third-order valence-corrected chi connectivity index (χ3v) is 3.56. The number of carbonyl (C=O) groups is 1. The Kier molecular flexibility index (Phi) is 4.11. The highest BCUT2D eigenvalue weighted by atomic mass is 32.1. The maximum atomic E-state index is 12.2. The Balaban J connectivity index is 2.24. The van der Waals surface area contributed by atoms with Crippen LogP contribution in [-0.2, 0) is 6.42 Å². The lowest BCUT2D eigenvalue weighted by Crippen LogP contribution is -2.14. The molecular weight excluding hydrogens is 260 g/mol. The molecule has 6 heteroatoms. The van der Waals surface area contributed by atoms with E-state index in [0.29, 0.717) is 16.3 Å². The molecule has 0 unspecified atom stereocenters. The largest absolute Gasteiger partial charge is 0.397 e. The van der Waals surface area contributed by atoms with Gasteiger partial charge in [0.1, 0.15) is 4.88 Å². The Labute approximate surface area is 116 Å². The van der Waals surface area contributed by atoms with Crippen LogP contribution in [0, 0.1) is 6.92 Å². The number of hydrogen-bond donors (Lipinski definition) is 2. The lowest BCUT2D eigenvalue weighted by Gasteiger charge is -2.10. The van der Waals surface area contributed by atoms with Gasteiger partial charge in [0, 0.05) is 0 Å². The van der Waals surface area contributed by atoms with Crippen LogP contribution in [0.5, 0.6) is 0 Å². The fourth-order valence-corrected chi connectivity index (χ4v) is 2.42. The number of nitrogens with one attached hydrogen (secondary N) is 1. The summed E-state index contributed by atoms with van der Waals surface area (Å²) >= 11 is 1.11. The summed E-state index contributed by atoms with van der Waals surface area (Å²) in [6, 6.07) is 5.53. The summed E-state index contributed by atoms with van der Waals surface area (Å²) in [5, 5.41) is 6.84. The molecule has 1 aromatic carbocycles. The lowest BCUT2D eigenvalue weighted by atomic mass is 10.1. The number of nitrogens with two attached hydrogens (primary N) is 1. The number of para-hydroxylation sites is 1. The third-order valence-electron chi connectivity index (χ3n) is 2.79. The van der Waals surface area contributed by atoms with Crippen LogP contribution in [-0.4, -0.2) is 15.5 Å². The first-order valence-corrected chi connectivity index (χ1v) is 6.88. The van der Waals surface area contributed by atoms with Crippen molar-refractivity contribution in [2.24, 2.45) is 0 Å². The standard InChI is InChI=1S/C13H16N4OS/c1-3-5-10-12(19-17-16-10)13(18)15-11-8(2)6-4-7-9(11)14/h4,6-7H,3,5,14H2,1-2H3,(H,15,18). The number of rotatable bonds is 4. The first kappa shape index (κ1) is 13.5. The van der Waals surface area contributed by atoms with Crippen molar-refractivity contribution in [2.75, 3.05) is 11.1 Å². The van der Waals surface area contributed by atoms with Gasteiger partial charge in [0.2, 0.25) is 0 Å². The van der Waals surface area contributed by atoms with Gasteiger partial charge in [-0.2, -0.15) is 0 Å². The van der Waals surface area contributed by atoms with E-state index in [1.165, 1.54) is 0 Å². The molecule has 2 aromatic rings. The Bertz CT molecular complexity index is 574. The molecule has 3 N–H and O–H groups in total. The number of nitrogen functional groups attached to an aromatic ring is 1. The van der Waals surface area contributed by atoms with Crippen LogP contribution in [0.4, 0.5) is 11.4 Å². The van der Waals surface area contributed by atoms with E-state index in [4.69, 9.17) is 5.73 Å². The summed E-state index contributed by atoms with van der Waals surface area (Å²) in [7, 11) is 0. The molecule has 0 fully saturated rings. The number of amides is 1. The van der Waals surface area contributed by atoms with Gasteiger partial charge in [-0.3, -0.25) is 4.79 Å². The molecule has 0 bridgehead atoms. The van der Waals surface area contributed by atoms with E-state index in [1.807, 2.05) is 26.0 Å². The summed E-state index contributed by atoms with van der Waals surface area (Å²) in [6.45, 7) is 3.95. The minimum Gasteiger partial charge on any atom is -0.397 e. The van der Waals surface area contributed by atoms with E-state index in [0.717, 1.165) is 35.6 Å². The molecule has 0 aliphatic carbocycles.